The van der Waals surface area contributed by atoms with Crippen molar-refractivity contribution in [3.05, 3.63) is 11.9 Å². The van der Waals surface area contributed by atoms with Crippen LogP contribution >= 0.6 is 0 Å². The van der Waals surface area contributed by atoms with Crippen LogP contribution in [0, 0.1) is 0 Å². The van der Waals surface area contributed by atoms with Crippen LogP contribution in [-0.4, -0.2) is 44.6 Å². The van der Waals surface area contributed by atoms with Crippen LogP contribution in [0.25, 0.3) is 0 Å². The van der Waals surface area contributed by atoms with Crippen molar-refractivity contribution in [2.24, 2.45) is 0 Å². The van der Waals surface area contributed by atoms with Crippen molar-refractivity contribution < 1.29 is 0 Å². The summed E-state index contributed by atoms with van der Waals surface area (Å²) in [6.07, 6.45) is 7.60. The normalized spacial score (nSPS) is 17.0. The summed E-state index contributed by atoms with van der Waals surface area (Å²) in [5.41, 5.74) is 1.14. The van der Waals surface area contributed by atoms with Gasteiger partial charge >= 0.3 is 0 Å². The molecule has 0 unspecified atom stereocenters. The zero-order valence-corrected chi connectivity index (χ0v) is 14.1. The van der Waals surface area contributed by atoms with Crippen molar-refractivity contribution >= 4 is 0 Å². The number of likely N-dealkylation sites (N-methyl/N-ethyl adjacent to an activating group) is 1. The Morgan fingerprint density at radius 3 is 2.67 bits per heavy atom. The third kappa shape index (κ3) is 5.40. The SMILES string of the molecule is CCN(CCn1cc(CNC(C)(C)C)nn1)C1CCCC1. The van der Waals surface area contributed by atoms with Gasteiger partial charge in [-0.1, -0.05) is 25.0 Å². The molecule has 1 aliphatic carbocycles. The smallest absolute Gasteiger partial charge is 0.0965 e. The zero-order valence-electron chi connectivity index (χ0n) is 14.1. The Bertz CT molecular complexity index is 415. The van der Waals surface area contributed by atoms with Gasteiger partial charge in [-0.2, -0.15) is 0 Å². The van der Waals surface area contributed by atoms with Crippen molar-refractivity contribution in [2.75, 3.05) is 13.1 Å². The molecule has 1 heterocycles. The maximum atomic E-state index is 4.25. The molecule has 1 fully saturated rings. The van der Waals surface area contributed by atoms with Crippen molar-refractivity contribution in [2.45, 2.75) is 78.0 Å². The van der Waals surface area contributed by atoms with Crippen LogP contribution in [0.2, 0.25) is 0 Å². The van der Waals surface area contributed by atoms with E-state index >= 15 is 0 Å². The van der Waals surface area contributed by atoms with E-state index in [2.05, 4.69) is 54.4 Å². The topological polar surface area (TPSA) is 46.0 Å². The average Bonchev–Trinajstić information content (AvgIpc) is 3.07. The van der Waals surface area contributed by atoms with E-state index in [0.29, 0.717) is 0 Å². The minimum atomic E-state index is 0.116. The molecule has 0 aromatic carbocycles. The van der Waals surface area contributed by atoms with Crippen LogP contribution in [0.1, 0.15) is 59.1 Å². The van der Waals surface area contributed by atoms with Gasteiger partial charge < -0.3 is 5.32 Å². The van der Waals surface area contributed by atoms with Gasteiger partial charge in [0.15, 0.2) is 0 Å². The Hall–Kier alpha value is -0.940. The van der Waals surface area contributed by atoms with Crippen molar-refractivity contribution in [3.8, 4) is 0 Å². The average molecular weight is 293 g/mol. The second kappa shape index (κ2) is 7.36. The summed E-state index contributed by atoms with van der Waals surface area (Å²) < 4.78 is 1.98. The first-order chi connectivity index (χ1) is 9.98. The van der Waals surface area contributed by atoms with E-state index < -0.39 is 0 Å². The van der Waals surface area contributed by atoms with Crippen LogP contribution in [0.4, 0.5) is 0 Å². The fourth-order valence-electron chi connectivity index (χ4n) is 2.98. The van der Waals surface area contributed by atoms with Gasteiger partial charge in [0.05, 0.1) is 12.2 Å². The quantitative estimate of drug-likeness (QED) is 0.839. The molecule has 0 saturated heterocycles. The zero-order chi connectivity index (χ0) is 15.3. The summed E-state index contributed by atoms with van der Waals surface area (Å²) in [5, 5.41) is 11.9. The number of nitrogens with one attached hydrogen (secondary N) is 1. The Morgan fingerprint density at radius 1 is 1.33 bits per heavy atom. The van der Waals surface area contributed by atoms with E-state index in [1.54, 1.807) is 0 Å². The molecule has 1 aromatic heterocycles. The van der Waals surface area contributed by atoms with Crippen LogP contribution < -0.4 is 5.32 Å². The van der Waals surface area contributed by atoms with Crippen molar-refractivity contribution in [1.82, 2.24) is 25.2 Å². The molecule has 1 aliphatic rings. The third-order valence-corrected chi connectivity index (χ3v) is 4.25. The lowest BCUT2D eigenvalue weighted by atomic mass is 10.1. The van der Waals surface area contributed by atoms with Crippen LogP contribution in [0.5, 0.6) is 0 Å². The Kier molecular flexibility index (Phi) is 5.76. The van der Waals surface area contributed by atoms with Crippen LogP contribution in [-0.2, 0) is 13.1 Å². The maximum absolute atomic E-state index is 4.25. The fourth-order valence-corrected chi connectivity index (χ4v) is 2.98. The number of hydrogen-bond acceptors (Lipinski definition) is 4. The molecular weight excluding hydrogens is 262 g/mol. The van der Waals surface area contributed by atoms with Gasteiger partial charge in [0.1, 0.15) is 0 Å². The molecule has 0 aliphatic heterocycles. The molecule has 120 valence electrons. The Morgan fingerprint density at radius 2 is 2.05 bits per heavy atom. The highest BCUT2D eigenvalue weighted by atomic mass is 15.4. The van der Waals surface area contributed by atoms with Gasteiger partial charge in [0.2, 0.25) is 0 Å². The van der Waals surface area contributed by atoms with E-state index in [1.165, 1.54) is 25.7 Å². The molecule has 0 spiro atoms. The molecule has 21 heavy (non-hydrogen) atoms. The molecule has 1 N–H and O–H groups in total. The van der Waals surface area contributed by atoms with Gasteiger partial charge in [-0.05, 0) is 40.2 Å². The summed E-state index contributed by atoms with van der Waals surface area (Å²) in [6.45, 7) is 12.7. The van der Waals surface area contributed by atoms with Gasteiger partial charge in [-0.15, -0.1) is 5.10 Å². The van der Waals surface area contributed by atoms with E-state index in [9.17, 15) is 0 Å². The Labute approximate surface area is 129 Å². The molecule has 5 heteroatoms. The molecular formula is C16H31N5. The second-order valence-electron chi connectivity index (χ2n) is 7.14. The predicted octanol–water partition coefficient (Wildman–Crippen LogP) is 2.43. The number of rotatable bonds is 7. The van der Waals surface area contributed by atoms with Crippen molar-refractivity contribution in [3.63, 3.8) is 0 Å². The first-order valence-corrected chi connectivity index (χ1v) is 8.36. The van der Waals surface area contributed by atoms with E-state index in [4.69, 9.17) is 0 Å². The molecule has 1 aromatic rings. The summed E-state index contributed by atoms with van der Waals surface area (Å²) in [6, 6.07) is 0.792. The molecule has 0 bridgehead atoms. The predicted molar refractivity (Wildman–Crippen MR) is 86.1 cm³/mol. The van der Waals surface area contributed by atoms with Gasteiger partial charge in [-0.25, -0.2) is 0 Å². The first-order valence-electron chi connectivity index (χ1n) is 8.36. The molecule has 0 atom stereocenters. The monoisotopic (exact) mass is 293 g/mol. The highest BCUT2D eigenvalue weighted by molar-refractivity contribution is 4.93. The maximum Gasteiger partial charge on any atom is 0.0965 e. The van der Waals surface area contributed by atoms with Gasteiger partial charge in [0.25, 0.3) is 0 Å². The number of nitrogens with zero attached hydrogens (tertiary/aromatic N) is 4. The highest BCUT2D eigenvalue weighted by Gasteiger charge is 2.21. The third-order valence-electron chi connectivity index (χ3n) is 4.25. The Balaban J connectivity index is 1.78. The lowest BCUT2D eigenvalue weighted by Crippen LogP contribution is -2.35. The van der Waals surface area contributed by atoms with Crippen LogP contribution in [0.15, 0.2) is 6.20 Å². The summed E-state index contributed by atoms with van der Waals surface area (Å²) >= 11 is 0. The lowest BCUT2D eigenvalue weighted by molar-refractivity contribution is 0.198. The number of hydrogen-bond donors (Lipinski definition) is 1. The summed E-state index contributed by atoms with van der Waals surface area (Å²) in [4.78, 5) is 2.60. The fraction of sp³-hybridized carbons (Fsp3) is 0.875. The molecule has 1 saturated carbocycles. The standard InChI is InChI=1S/C16H31N5/c1-5-20(15-8-6-7-9-15)10-11-21-13-14(18-19-21)12-17-16(2,3)4/h13,15,17H,5-12H2,1-4H3. The van der Waals surface area contributed by atoms with E-state index in [-0.39, 0.29) is 5.54 Å². The lowest BCUT2D eigenvalue weighted by Gasteiger charge is -2.27. The van der Waals surface area contributed by atoms with Gasteiger partial charge in [0, 0.05) is 30.9 Å². The molecule has 0 radical (unpaired) electrons. The molecule has 2 rings (SSSR count). The summed E-state index contributed by atoms with van der Waals surface area (Å²) in [7, 11) is 0. The minimum absolute atomic E-state index is 0.116. The first kappa shape index (κ1) is 16.4. The van der Waals surface area contributed by atoms with E-state index in [1.807, 2.05) is 4.68 Å². The largest absolute Gasteiger partial charge is 0.306 e. The minimum Gasteiger partial charge on any atom is -0.306 e. The van der Waals surface area contributed by atoms with Crippen molar-refractivity contribution in [1.29, 1.82) is 0 Å². The van der Waals surface area contributed by atoms with Crippen LogP contribution in [0.3, 0.4) is 0 Å². The summed E-state index contributed by atoms with van der Waals surface area (Å²) in [5.74, 6) is 0. The second-order valence-corrected chi connectivity index (χ2v) is 7.14. The highest BCUT2D eigenvalue weighted by Crippen LogP contribution is 2.23. The molecule has 0 amide bonds. The number of aromatic nitrogens is 3. The van der Waals surface area contributed by atoms with E-state index in [0.717, 1.165) is 37.9 Å². The van der Waals surface area contributed by atoms with Gasteiger partial charge in [-0.3, -0.25) is 9.58 Å². The molecule has 5 nitrogen and oxygen atoms in total.